The number of furan rings is 1. The number of anilines is 1. The molecule has 0 aliphatic heterocycles. The van der Waals surface area contributed by atoms with E-state index in [0.29, 0.717) is 11.6 Å². The standard InChI is InChI=1S/C15H17N3OS/c1-3-7-16-13-11-9-10(4-2)20-15(11)18-14(17-13)12-6-5-8-19-12/h5-6,8-9H,3-4,7H2,1-2H3,(H,16,17,18). The van der Waals surface area contributed by atoms with E-state index in [2.05, 4.69) is 35.2 Å². The predicted octanol–water partition coefficient (Wildman–Crippen LogP) is 4.34. The Bertz CT molecular complexity index is 703. The molecule has 0 atom stereocenters. The molecule has 0 radical (unpaired) electrons. The largest absolute Gasteiger partial charge is 0.461 e. The van der Waals surface area contributed by atoms with Gasteiger partial charge >= 0.3 is 0 Å². The molecular formula is C15H17N3OS. The van der Waals surface area contributed by atoms with Gasteiger partial charge in [-0.1, -0.05) is 13.8 Å². The van der Waals surface area contributed by atoms with Crippen LogP contribution >= 0.6 is 11.3 Å². The summed E-state index contributed by atoms with van der Waals surface area (Å²) in [6.07, 6.45) is 3.73. The molecule has 0 unspecified atom stereocenters. The van der Waals surface area contributed by atoms with E-state index in [1.54, 1.807) is 17.6 Å². The van der Waals surface area contributed by atoms with Crippen LogP contribution in [0.5, 0.6) is 0 Å². The Balaban J connectivity index is 2.13. The molecule has 0 spiro atoms. The first-order chi connectivity index (χ1) is 9.81. The molecule has 0 fully saturated rings. The van der Waals surface area contributed by atoms with Crippen molar-refractivity contribution in [2.24, 2.45) is 0 Å². The van der Waals surface area contributed by atoms with E-state index in [-0.39, 0.29) is 0 Å². The molecule has 0 amide bonds. The summed E-state index contributed by atoms with van der Waals surface area (Å²) in [6, 6.07) is 5.93. The molecule has 3 heterocycles. The van der Waals surface area contributed by atoms with Gasteiger partial charge in [0.1, 0.15) is 10.6 Å². The summed E-state index contributed by atoms with van der Waals surface area (Å²) in [5.74, 6) is 2.25. The van der Waals surface area contributed by atoms with Crippen LogP contribution in [0.15, 0.2) is 28.9 Å². The van der Waals surface area contributed by atoms with Gasteiger partial charge < -0.3 is 9.73 Å². The summed E-state index contributed by atoms with van der Waals surface area (Å²) in [5.41, 5.74) is 0. The third kappa shape index (κ3) is 2.41. The molecule has 0 aliphatic rings. The zero-order valence-electron chi connectivity index (χ0n) is 11.6. The van der Waals surface area contributed by atoms with Gasteiger partial charge in [-0.05, 0) is 31.0 Å². The maximum absolute atomic E-state index is 5.41. The molecule has 0 saturated heterocycles. The third-order valence-electron chi connectivity index (χ3n) is 3.08. The van der Waals surface area contributed by atoms with Gasteiger partial charge in [-0.15, -0.1) is 11.3 Å². The lowest BCUT2D eigenvalue weighted by Crippen LogP contribution is -2.03. The minimum Gasteiger partial charge on any atom is -0.461 e. The van der Waals surface area contributed by atoms with Crippen LogP contribution in [0.3, 0.4) is 0 Å². The Kier molecular flexibility index (Phi) is 3.69. The van der Waals surface area contributed by atoms with E-state index < -0.39 is 0 Å². The second-order valence-electron chi connectivity index (χ2n) is 4.58. The highest BCUT2D eigenvalue weighted by atomic mass is 32.1. The molecule has 20 heavy (non-hydrogen) atoms. The van der Waals surface area contributed by atoms with Crippen molar-refractivity contribution in [1.82, 2.24) is 9.97 Å². The van der Waals surface area contributed by atoms with Crippen molar-refractivity contribution in [3.8, 4) is 11.6 Å². The average molecular weight is 287 g/mol. The van der Waals surface area contributed by atoms with E-state index in [9.17, 15) is 0 Å². The lowest BCUT2D eigenvalue weighted by atomic mass is 10.3. The number of hydrogen-bond donors (Lipinski definition) is 1. The number of hydrogen-bond acceptors (Lipinski definition) is 5. The molecule has 3 aromatic heterocycles. The van der Waals surface area contributed by atoms with E-state index in [1.165, 1.54) is 4.88 Å². The second kappa shape index (κ2) is 5.63. The van der Waals surface area contributed by atoms with Crippen LogP contribution < -0.4 is 5.32 Å². The monoisotopic (exact) mass is 287 g/mol. The van der Waals surface area contributed by atoms with Crippen LogP contribution in [0.4, 0.5) is 5.82 Å². The van der Waals surface area contributed by atoms with Gasteiger partial charge in [0.2, 0.25) is 0 Å². The topological polar surface area (TPSA) is 51.0 Å². The number of fused-ring (bicyclic) bond motifs is 1. The van der Waals surface area contributed by atoms with Crippen molar-refractivity contribution >= 4 is 27.4 Å². The van der Waals surface area contributed by atoms with Crippen molar-refractivity contribution in [2.45, 2.75) is 26.7 Å². The molecule has 1 N–H and O–H groups in total. The highest BCUT2D eigenvalue weighted by Gasteiger charge is 2.13. The Hall–Kier alpha value is -1.88. The first kappa shape index (κ1) is 13.1. The van der Waals surface area contributed by atoms with Gasteiger partial charge in [-0.25, -0.2) is 9.97 Å². The maximum atomic E-state index is 5.41. The summed E-state index contributed by atoms with van der Waals surface area (Å²) in [7, 11) is 0. The van der Waals surface area contributed by atoms with E-state index >= 15 is 0 Å². The minimum absolute atomic E-state index is 0.644. The molecular weight excluding hydrogens is 270 g/mol. The molecule has 0 aliphatic carbocycles. The van der Waals surface area contributed by atoms with Gasteiger partial charge in [0.15, 0.2) is 11.6 Å². The van der Waals surface area contributed by atoms with Crippen LogP contribution in [-0.2, 0) is 6.42 Å². The van der Waals surface area contributed by atoms with Crippen molar-refractivity contribution in [3.05, 3.63) is 29.3 Å². The fourth-order valence-corrected chi connectivity index (χ4v) is 3.01. The highest BCUT2D eigenvalue weighted by molar-refractivity contribution is 7.18. The fraction of sp³-hybridized carbons (Fsp3) is 0.333. The minimum atomic E-state index is 0.644. The van der Waals surface area contributed by atoms with Crippen molar-refractivity contribution in [3.63, 3.8) is 0 Å². The van der Waals surface area contributed by atoms with Crippen molar-refractivity contribution in [2.75, 3.05) is 11.9 Å². The highest BCUT2D eigenvalue weighted by Crippen LogP contribution is 2.31. The number of thiophene rings is 1. The smallest absolute Gasteiger partial charge is 0.199 e. The zero-order valence-corrected chi connectivity index (χ0v) is 12.5. The Labute approximate surface area is 121 Å². The molecule has 5 heteroatoms. The van der Waals surface area contributed by atoms with E-state index in [1.807, 2.05) is 12.1 Å². The SMILES string of the molecule is CCCNc1nc(-c2ccco2)nc2sc(CC)cc12. The molecule has 0 saturated carbocycles. The van der Waals surface area contributed by atoms with Crippen molar-refractivity contribution in [1.29, 1.82) is 0 Å². The number of nitrogens with zero attached hydrogens (tertiary/aromatic N) is 2. The zero-order chi connectivity index (χ0) is 13.9. The first-order valence-corrected chi connectivity index (χ1v) is 7.71. The number of aryl methyl sites for hydroxylation is 1. The van der Waals surface area contributed by atoms with E-state index in [0.717, 1.165) is 35.4 Å². The molecule has 3 aromatic rings. The van der Waals surface area contributed by atoms with Gasteiger partial charge in [-0.3, -0.25) is 0 Å². The Morgan fingerprint density at radius 3 is 2.90 bits per heavy atom. The summed E-state index contributed by atoms with van der Waals surface area (Å²) < 4.78 is 5.41. The lowest BCUT2D eigenvalue weighted by molar-refractivity contribution is 0.578. The van der Waals surface area contributed by atoms with Gasteiger partial charge in [0, 0.05) is 11.4 Å². The first-order valence-electron chi connectivity index (χ1n) is 6.90. The molecule has 0 bridgehead atoms. The van der Waals surface area contributed by atoms with Crippen LogP contribution in [0.1, 0.15) is 25.1 Å². The summed E-state index contributed by atoms with van der Waals surface area (Å²) in [5, 5.41) is 4.50. The molecule has 0 aromatic carbocycles. The van der Waals surface area contributed by atoms with Crippen LogP contribution in [0, 0.1) is 0 Å². The quantitative estimate of drug-likeness (QED) is 0.758. The molecule has 4 nitrogen and oxygen atoms in total. The van der Waals surface area contributed by atoms with E-state index in [4.69, 9.17) is 4.42 Å². The lowest BCUT2D eigenvalue weighted by Gasteiger charge is -2.06. The molecule has 3 rings (SSSR count). The van der Waals surface area contributed by atoms with Crippen molar-refractivity contribution < 1.29 is 4.42 Å². The van der Waals surface area contributed by atoms with Crippen LogP contribution in [0.2, 0.25) is 0 Å². The van der Waals surface area contributed by atoms with Crippen LogP contribution in [0.25, 0.3) is 21.8 Å². The summed E-state index contributed by atoms with van der Waals surface area (Å²) in [4.78, 5) is 11.6. The third-order valence-corrected chi connectivity index (χ3v) is 4.25. The summed E-state index contributed by atoms with van der Waals surface area (Å²) >= 11 is 1.72. The Morgan fingerprint density at radius 1 is 1.30 bits per heavy atom. The van der Waals surface area contributed by atoms with Gasteiger partial charge in [0.25, 0.3) is 0 Å². The average Bonchev–Trinajstić information content (AvgIpc) is 3.12. The predicted molar refractivity (Wildman–Crippen MR) is 83.3 cm³/mol. The maximum Gasteiger partial charge on any atom is 0.199 e. The van der Waals surface area contributed by atoms with Gasteiger partial charge in [0.05, 0.1) is 11.6 Å². The van der Waals surface area contributed by atoms with Crippen LogP contribution in [-0.4, -0.2) is 16.5 Å². The number of aromatic nitrogens is 2. The molecule has 104 valence electrons. The Morgan fingerprint density at radius 2 is 2.20 bits per heavy atom. The fourth-order valence-electron chi connectivity index (χ4n) is 2.04. The summed E-state index contributed by atoms with van der Waals surface area (Å²) in [6.45, 7) is 5.20. The number of nitrogens with one attached hydrogen (secondary N) is 1. The number of rotatable bonds is 5. The second-order valence-corrected chi connectivity index (χ2v) is 5.70. The van der Waals surface area contributed by atoms with Gasteiger partial charge in [-0.2, -0.15) is 0 Å². The normalized spacial score (nSPS) is 11.1.